The Morgan fingerprint density at radius 3 is 2.21 bits per heavy atom. The second-order valence-electron chi connectivity index (χ2n) is 9.44. The third kappa shape index (κ3) is 4.35. The molecule has 5 aromatic rings. The Kier molecular flexibility index (Phi) is 6.22. The molecule has 1 amide bonds. The molecule has 0 aliphatic carbocycles. The van der Waals surface area contributed by atoms with Gasteiger partial charge in [0.05, 0.1) is 17.0 Å². The average molecular weight is 522 g/mol. The molecule has 6 heteroatoms. The van der Waals surface area contributed by atoms with Gasteiger partial charge < -0.3 is 14.1 Å². The molecule has 1 unspecified atom stereocenters. The number of benzene rings is 4. The SMILES string of the molecule is Cc1cc2oc3c(c(=O)c2cc1Cl)C(c1ccc(OCc2ccccc2)cc1)N(Cc1ccccc1)C3=O. The molecular formula is C32H24ClNO4. The lowest BCUT2D eigenvalue weighted by molar-refractivity contribution is 0.0714. The number of hydrogen-bond acceptors (Lipinski definition) is 4. The van der Waals surface area contributed by atoms with Crippen LogP contribution in [0.4, 0.5) is 0 Å². The van der Waals surface area contributed by atoms with Crippen LogP contribution in [-0.4, -0.2) is 10.8 Å². The molecule has 1 atom stereocenters. The molecule has 188 valence electrons. The normalized spacial score (nSPS) is 14.6. The largest absolute Gasteiger partial charge is 0.489 e. The summed E-state index contributed by atoms with van der Waals surface area (Å²) >= 11 is 6.35. The van der Waals surface area contributed by atoms with E-state index in [0.717, 1.165) is 22.3 Å². The van der Waals surface area contributed by atoms with Crippen LogP contribution in [0.15, 0.2) is 106 Å². The molecule has 4 aromatic carbocycles. The summed E-state index contributed by atoms with van der Waals surface area (Å²) in [6.45, 7) is 2.61. The molecule has 0 N–H and O–H groups in total. The predicted octanol–water partition coefficient (Wildman–Crippen LogP) is 7.08. The van der Waals surface area contributed by atoms with Gasteiger partial charge >= 0.3 is 0 Å². The Morgan fingerprint density at radius 2 is 1.53 bits per heavy atom. The van der Waals surface area contributed by atoms with Crippen molar-refractivity contribution in [2.24, 2.45) is 0 Å². The van der Waals surface area contributed by atoms with Crippen LogP contribution in [0.5, 0.6) is 5.75 Å². The number of carbonyl (C=O) groups is 1. The number of hydrogen-bond donors (Lipinski definition) is 0. The molecule has 0 saturated heterocycles. The molecule has 0 radical (unpaired) electrons. The van der Waals surface area contributed by atoms with Crippen molar-refractivity contribution in [1.82, 2.24) is 4.90 Å². The van der Waals surface area contributed by atoms with E-state index in [2.05, 4.69) is 0 Å². The molecule has 1 aliphatic heterocycles. The van der Waals surface area contributed by atoms with Gasteiger partial charge in [-0.25, -0.2) is 0 Å². The van der Waals surface area contributed by atoms with Gasteiger partial charge in [0.2, 0.25) is 5.76 Å². The Hall–Kier alpha value is -4.35. The van der Waals surface area contributed by atoms with E-state index in [4.69, 9.17) is 20.8 Å². The van der Waals surface area contributed by atoms with Gasteiger partial charge in [0, 0.05) is 11.6 Å². The van der Waals surface area contributed by atoms with Gasteiger partial charge in [-0.3, -0.25) is 9.59 Å². The monoisotopic (exact) mass is 521 g/mol. The van der Waals surface area contributed by atoms with E-state index in [1.807, 2.05) is 91.9 Å². The second kappa shape index (κ2) is 9.84. The Bertz CT molecular complexity index is 1700. The topological polar surface area (TPSA) is 59.8 Å². The first-order chi connectivity index (χ1) is 18.5. The Balaban J connectivity index is 1.42. The van der Waals surface area contributed by atoms with E-state index in [-0.39, 0.29) is 17.1 Å². The molecule has 0 saturated carbocycles. The van der Waals surface area contributed by atoms with Gasteiger partial charge in [0.25, 0.3) is 5.91 Å². The molecular weight excluding hydrogens is 498 g/mol. The number of ether oxygens (including phenoxy) is 1. The molecule has 5 nitrogen and oxygen atoms in total. The number of halogens is 1. The van der Waals surface area contributed by atoms with Gasteiger partial charge in [-0.15, -0.1) is 0 Å². The van der Waals surface area contributed by atoms with Crippen molar-refractivity contribution in [3.63, 3.8) is 0 Å². The van der Waals surface area contributed by atoms with Gasteiger partial charge in [-0.2, -0.15) is 0 Å². The lowest BCUT2D eigenvalue weighted by atomic mass is 9.98. The fourth-order valence-electron chi connectivity index (χ4n) is 4.92. The average Bonchev–Trinajstić information content (AvgIpc) is 3.21. The van der Waals surface area contributed by atoms with Crippen molar-refractivity contribution < 1.29 is 13.9 Å². The molecule has 2 heterocycles. The van der Waals surface area contributed by atoms with Gasteiger partial charge in [0.1, 0.15) is 17.9 Å². The van der Waals surface area contributed by atoms with Gasteiger partial charge in [-0.1, -0.05) is 84.4 Å². The van der Waals surface area contributed by atoms with Crippen LogP contribution in [0, 0.1) is 6.92 Å². The molecule has 38 heavy (non-hydrogen) atoms. The van der Waals surface area contributed by atoms with E-state index >= 15 is 0 Å². The highest BCUT2D eigenvalue weighted by atomic mass is 35.5. The first-order valence-electron chi connectivity index (χ1n) is 12.4. The molecule has 0 bridgehead atoms. The maximum atomic E-state index is 13.8. The number of rotatable bonds is 6. The van der Waals surface area contributed by atoms with Crippen LogP contribution in [0.3, 0.4) is 0 Å². The third-order valence-corrected chi connectivity index (χ3v) is 7.29. The molecule has 1 aromatic heterocycles. The molecule has 6 rings (SSSR count). The van der Waals surface area contributed by atoms with Gasteiger partial charge in [0.15, 0.2) is 5.43 Å². The minimum absolute atomic E-state index is 0.0783. The number of nitrogens with zero attached hydrogens (tertiary/aromatic N) is 1. The highest BCUT2D eigenvalue weighted by Gasteiger charge is 2.42. The van der Waals surface area contributed by atoms with Crippen molar-refractivity contribution in [3.05, 3.63) is 146 Å². The van der Waals surface area contributed by atoms with E-state index in [0.29, 0.717) is 40.5 Å². The first kappa shape index (κ1) is 24.0. The maximum Gasteiger partial charge on any atom is 0.291 e. The second-order valence-corrected chi connectivity index (χ2v) is 9.84. The van der Waals surface area contributed by atoms with Crippen molar-refractivity contribution in [2.45, 2.75) is 26.1 Å². The summed E-state index contributed by atoms with van der Waals surface area (Å²) in [6.07, 6.45) is 0. The quantitative estimate of drug-likeness (QED) is 0.239. The first-order valence-corrected chi connectivity index (χ1v) is 12.8. The zero-order chi connectivity index (χ0) is 26.2. The molecule has 1 aliphatic rings. The fourth-order valence-corrected chi connectivity index (χ4v) is 5.08. The Morgan fingerprint density at radius 1 is 0.868 bits per heavy atom. The lowest BCUT2D eigenvalue weighted by Crippen LogP contribution is -2.29. The van der Waals surface area contributed by atoms with Crippen molar-refractivity contribution in [3.8, 4) is 5.75 Å². The smallest absolute Gasteiger partial charge is 0.291 e. The third-order valence-electron chi connectivity index (χ3n) is 6.89. The van der Waals surface area contributed by atoms with Crippen molar-refractivity contribution in [1.29, 1.82) is 0 Å². The number of fused-ring (bicyclic) bond motifs is 2. The molecule has 0 fully saturated rings. The van der Waals surface area contributed by atoms with E-state index in [1.54, 1.807) is 17.0 Å². The van der Waals surface area contributed by atoms with Crippen LogP contribution in [0.1, 0.15) is 44.4 Å². The van der Waals surface area contributed by atoms with Crippen LogP contribution in [-0.2, 0) is 13.2 Å². The summed E-state index contributed by atoms with van der Waals surface area (Å²) in [5, 5.41) is 0.841. The standard InChI is InChI=1S/C32H24ClNO4/c1-20-16-27-25(17-26(20)33)30(35)28-29(34(32(36)31(28)38-27)18-21-8-4-2-5-9-21)23-12-14-24(15-13-23)37-19-22-10-6-3-7-11-22/h2-17,29H,18-19H2,1H3. The van der Waals surface area contributed by atoms with Crippen LogP contribution in [0.25, 0.3) is 11.0 Å². The summed E-state index contributed by atoms with van der Waals surface area (Å²) < 4.78 is 12.0. The van der Waals surface area contributed by atoms with Crippen molar-refractivity contribution in [2.75, 3.05) is 0 Å². The van der Waals surface area contributed by atoms with E-state index in [1.165, 1.54) is 0 Å². The van der Waals surface area contributed by atoms with Crippen LogP contribution < -0.4 is 10.2 Å². The van der Waals surface area contributed by atoms with E-state index < -0.39 is 6.04 Å². The minimum Gasteiger partial charge on any atom is -0.489 e. The maximum absolute atomic E-state index is 13.8. The molecule has 0 spiro atoms. The zero-order valence-corrected chi connectivity index (χ0v) is 21.4. The summed E-state index contributed by atoms with van der Waals surface area (Å²) in [4.78, 5) is 29.2. The van der Waals surface area contributed by atoms with Crippen LogP contribution in [0.2, 0.25) is 5.02 Å². The summed E-state index contributed by atoms with van der Waals surface area (Å²) in [5.41, 5.74) is 4.03. The predicted molar refractivity (Wildman–Crippen MR) is 148 cm³/mol. The summed E-state index contributed by atoms with van der Waals surface area (Å²) in [7, 11) is 0. The zero-order valence-electron chi connectivity index (χ0n) is 20.7. The fraction of sp³-hybridized carbons (Fsp3) is 0.125. The minimum atomic E-state index is -0.610. The number of amides is 1. The Labute approximate surface area is 224 Å². The lowest BCUT2D eigenvalue weighted by Gasteiger charge is -2.25. The summed E-state index contributed by atoms with van der Waals surface area (Å²) in [5.74, 6) is 0.462. The summed E-state index contributed by atoms with van der Waals surface area (Å²) in [6, 6.07) is 29.9. The highest BCUT2D eigenvalue weighted by Crippen LogP contribution is 2.40. The number of carbonyl (C=O) groups excluding carboxylic acids is 1. The van der Waals surface area contributed by atoms with Gasteiger partial charge in [-0.05, 0) is 53.4 Å². The van der Waals surface area contributed by atoms with E-state index in [9.17, 15) is 9.59 Å². The van der Waals surface area contributed by atoms with Crippen LogP contribution >= 0.6 is 11.6 Å². The number of aryl methyl sites for hydroxylation is 1. The highest BCUT2D eigenvalue weighted by molar-refractivity contribution is 6.32. The van der Waals surface area contributed by atoms with Crippen molar-refractivity contribution >= 4 is 28.5 Å².